The lowest BCUT2D eigenvalue weighted by Gasteiger charge is -2.44. The predicted octanol–water partition coefficient (Wildman–Crippen LogP) is -1.50. The van der Waals surface area contributed by atoms with Crippen LogP contribution in [0, 0.1) is 0 Å². The van der Waals surface area contributed by atoms with Crippen LogP contribution in [0.1, 0.15) is 226 Å². The summed E-state index contributed by atoms with van der Waals surface area (Å²) < 4.78 is 112. The topological polar surface area (TPSA) is 710 Å². The number of nitrogens with two attached hydrogens (primary N) is 2. The van der Waals surface area contributed by atoms with Crippen molar-refractivity contribution in [1.29, 1.82) is 0 Å². The van der Waals surface area contributed by atoms with Crippen molar-refractivity contribution in [1.82, 2.24) is 52.8 Å². The lowest BCUT2D eigenvalue weighted by Crippen LogP contribution is -2.66. The molecule has 840 valence electrons. The molecule has 4 saturated heterocycles. The maximum atomic E-state index is 13.9. The van der Waals surface area contributed by atoms with Crippen LogP contribution in [-0.2, 0) is 191 Å². The zero-order chi connectivity index (χ0) is 110. The average molecular weight is 2110 g/mol. The summed E-state index contributed by atoms with van der Waals surface area (Å²) in [6, 6.07) is -4.53. The molecule has 20 unspecified atom stereocenters. The summed E-state index contributed by atoms with van der Waals surface area (Å²) >= 11 is 0. The first kappa shape index (κ1) is 132. The minimum absolute atomic E-state index is 0.00663. The van der Waals surface area contributed by atoms with Crippen LogP contribution in [0.15, 0.2) is 0 Å². The molecule has 53 heteroatoms. The number of esters is 12. The highest BCUT2D eigenvalue weighted by Gasteiger charge is 2.56. The highest BCUT2D eigenvalue weighted by Crippen LogP contribution is 2.34. The number of carboxylic acid groups (broad SMARTS) is 1. The van der Waals surface area contributed by atoms with Gasteiger partial charge in [-0.2, -0.15) is 0 Å². The van der Waals surface area contributed by atoms with Crippen molar-refractivity contribution < 1.29 is 196 Å². The Hall–Kier alpha value is -11.1. The van der Waals surface area contributed by atoms with Gasteiger partial charge in [0.15, 0.2) is 74.0 Å². The molecule has 0 aromatic heterocycles. The van der Waals surface area contributed by atoms with Crippen LogP contribution in [0.4, 0.5) is 0 Å². The van der Waals surface area contributed by atoms with E-state index >= 15 is 0 Å². The van der Waals surface area contributed by atoms with E-state index < -0.39 is 244 Å². The number of rotatable bonds is 66. The van der Waals surface area contributed by atoms with E-state index in [2.05, 4.69) is 47.9 Å². The Bertz CT molecular complexity index is 4070. The van der Waals surface area contributed by atoms with Crippen molar-refractivity contribution in [3.05, 3.63) is 0 Å². The lowest BCUT2D eigenvalue weighted by atomic mass is 9.96. The van der Waals surface area contributed by atoms with Gasteiger partial charge in [0.2, 0.25) is 41.4 Å². The SMILES string of the molecule is CC(=O)NC1C(OCCCCC(=O)NCCCNCCCN(CCCNC(=O)CCCCOC2OC(COC(C)=O)C(OC(C)=O)C(OC(C)=O)C2NC(C)=O)C(=O)CCCCOC2OC(COC(C)=O)C(OC(C)=O)C(OC(C)=O)C2NC(C)=O)OC(COC(C)=O)C(OC(C)=O)C1OC(C)=O.CC(=O)NC1C(OCCCCC(=O)O)OC(COC(C)=O)C(OC(C)=O)C1OC(C)=O.NCCCNCCCNCCCN. The van der Waals surface area contributed by atoms with E-state index in [1.54, 1.807) is 4.90 Å². The molecule has 0 bridgehead atoms. The minimum atomic E-state index is -1.33. The van der Waals surface area contributed by atoms with Gasteiger partial charge in [0.25, 0.3) is 0 Å². The van der Waals surface area contributed by atoms with Gasteiger partial charge >= 0.3 is 77.6 Å². The zero-order valence-corrected chi connectivity index (χ0v) is 87.3. The first-order valence-electron chi connectivity index (χ1n) is 49.3. The summed E-state index contributed by atoms with van der Waals surface area (Å²) in [7, 11) is 0. The van der Waals surface area contributed by atoms with Crippen LogP contribution in [0.25, 0.3) is 0 Å². The third-order valence-corrected chi connectivity index (χ3v) is 21.3. The second-order valence-corrected chi connectivity index (χ2v) is 34.6. The molecule has 0 radical (unpaired) electrons. The molecule has 4 fully saturated rings. The van der Waals surface area contributed by atoms with Crippen molar-refractivity contribution in [3.63, 3.8) is 0 Å². The van der Waals surface area contributed by atoms with Gasteiger partial charge in [-0.05, 0) is 142 Å². The fraction of sp³-hybridized carbons (Fsp3) is 0.787. The number of hydrogen-bond donors (Lipinski definition) is 12. The van der Waals surface area contributed by atoms with Gasteiger partial charge in [-0.15, -0.1) is 0 Å². The largest absolute Gasteiger partial charge is 0.481 e. The Morgan fingerprint density at radius 2 is 0.490 bits per heavy atom. The second kappa shape index (κ2) is 75.6. The highest BCUT2D eigenvalue weighted by atomic mass is 16.7. The number of nitrogens with one attached hydrogen (secondary N) is 9. The number of hydrogen-bond acceptors (Lipinski definition) is 45. The predicted molar refractivity (Wildman–Crippen MR) is 510 cm³/mol. The Labute approximate surface area is 855 Å². The number of aliphatic carboxylic acids is 1. The molecule has 4 heterocycles. The second-order valence-electron chi connectivity index (χ2n) is 34.6. The minimum Gasteiger partial charge on any atom is -0.481 e. The Morgan fingerprint density at radius 3 is 0.735 bits per heavy atom. The first-order chi connectivity index (χ1) is 69.7. The summed E-state index contributed by atoms with van der Waals surface area (Å²) in [5, 5.41) is 34.9. The number of nitrogens with zero attached hydrogens (tertiary/aromatic N) is 1. The number of ether oxygens (including phenoxy) is 20. The van der Waals surface area contributed by atoms with Crippen molar-refractivity contribution in [2.45, 2.75) is 349 Å². The van der Waals surface area contributed by atoms with E-state index in [4.69, 9.17) is 111 Å². The monoisotopic (exact) mass is 2110 g/mol. The molecule has 53 nitrogen and oxygen atoms in total. The molecule has 0 saturated carbocycles. The number of carbonyl (C=O) groups excluding carboxylic acids is 19. The Morgan fingerprint density at radius 1 is 0.265 bits per heavy atom. The molecule has 14 N–H and O–H groups in total. The standard InChI is InChI=1S/C66H105N7O30.C19H29NO11.C9H24N4/c1-37(74)70-55-61(98-46(10)83)58(95-43(7)80)49(34-92-40(4)77)101-64(55)89-31-16-13-22-52(86)68-27-19-25-67-26-20-29-73(54(88)24-15-18-33-91-66-57(72-39(3)76)63(100-48(12)85)60(97-45(9)82)51(103-66)36-94-42(6)79)30-21-28-69-53(87)23-14-17-32-90-65-56(71-38(2)75)62(99-47(11)84)59(96-44(8)81)50(102-65)35-93-41(5)78;1-10(21)20-16-18(30-13(4)24)17(29-12(3)23)14(9-28-11(2)22)31-19(16)27-8-6-5-7-15(25)26;10-4-1-6-12-8-3-9-13-7-2-5-11/h49-51,55-67H,13-36H2,1-12H3,(H,68,86)(H,69,87)(H,70,74)(H,71,75)(H,72,76);14,16-19H,5-9H2,1-4H3,(H,20,21)(H,25,26);12-13H,1-11H2. The van der Waals surface area contributed by atoms with Gasteiger partial charge in [-0.1, -0.05) is 0 Å². The normalized spacial score (nSPS) is 23.2. The number of carboxylic acids is 1. The molecule has 20 atom stereocenters. The summed E-state index contributed by atoms with van der Waals surface area (Å²) in [4.78, 5) is 244. The molecule has 4 rings (SSSR count). The maximum absolute atomic E-state index is 13.9. The van der Waals surface area contributed by atoms with E-state index in [0.717, 1.165) is 121 Å². The summed E-state index contributed by atoms with van der Waals surface area (Å²) in [6.45, 7) is 25.1. The van der Waals surface area contributed by atoms with Gasteiger partial charge < -0.3 is 164 Å². The van der Waals surface area contributed by atoms with E-state index in [-0.39, 0.29) is 89.5 Å². The van der Waals surface area contributed by atoms with Crippen LogP contribution >= 0.6 is 0 Å². The van der Waals surface area contributed by atoms with E-state index in [1.165, 1.54) is 48.0 Å². The van der Waals surface area contributed by atoms with Crippen LogP contribution in [0.3, 0.4) is 0 Å². The molecule has 4 aliphatic rings. The molecule has 0 spiro atoms. The van der Waals surface area contributed by atoms with E-state index in [1.807, 2.05) is 0 Å². The van der Waals surface area contributed by atoms with Gasteiger partial charge in [-0.25, -0.2) is 0 Å². The molecule has 4 aliphatic heterocycles. The third kappa shape index (κ3) is 59.0. The zero-order valence-electron chi connectivity index (χ0n) is 87.3. The molecule has 0 aromatic carbocycles. The summed E-state index contributed by atoms with van der Waals surface area (Å²) in [5.41, 5.74) is 10.7. The van der Waals surface area contributed by atoms with E-state index in [9.17, 15) is 95.9 Å². The quantitative estimate of drug-likeness (QED) is 0.0187. The van der Waals surface area contributed by atoms with Crippen molar-refractivity contribution >= 4 is 119 Å². The number of unbranched alkanes of at least 4 members (excludes halogenated alkanes) is 4. The molecular formula is C94H158N12O41. The lowest BCUT2D eigenvalue weighted by molar-refractivity contribution is -0.277. The van der Waals surface area contributed by atoms with Crippen LogP contribution in [0.2, 0.25) is 0 Å². The fourth-order valence-corrected chi connectivity index (χ4v) is 15.3. The molecular weight excluding hydrogens is 1950 g/mol. The van der Waals surface area contributed by atoms with Crippen LogP contribution in [0.5, 0.6) is 0 Å². The van der Waals surface area contributed by atoms with Gasteiger partial charge in [0, 0.05) is 189 Å². The maximum Gasteiger partial charge on any atom is 0.303 e. The highest BCUT2D eigenvalue weighted by molar-refractivity contribution is 5.79. The third-order valence-electron chi connectivity index (χ3n) is 21.3. The summed E-state index contributed by atoms with van der Waals surface area (Å²) in [6.07, 6.45) is -11.9. The average Bonchev–Trinajstić information content (AvgIpc) is 0.799. The van der Waals surface area contributed by atoms with Crippen molar-refractivity contribution in [2.75, 3.05) is 131 Å². The van der Waals surface area contributed by atoms with Crippen molar-refractivity contribution in [2.24, 2.45) is 11.5 Å². The molecule has 147 heavy (non-hydrogen) atoms. The van der Waals surface area contributed by atoms with Gasteiger partial charge in [0.1, 0.15) is 75.0 Å². The fourth-order valence-electron chi connectivity index (χ4n) is 15.3. The van der Waals surface area contributed by atoms with Crippen LogP contribution < -0.4 is 59.3 Å². The van der Waals surface area contributed by atoms with Gasteiger partial charge in [-0.3, -0.25) is 95.9 Å². The van der Waals surface area contributed by atoms with Gasteiger partial charge in [0.05, 0.1) is 0 Å². The van der Waals surface area contributed by atoms with Crippen LogP contribution in [-0.4, -0.2) is 383 Å². The first-order valence-corrected chi connectivity index (χ1v) is 49.3. The molecule has 7 amide bonds. The number of carbonyl (C=O) groups is 20. The van der Waals surface area contributed by atoms with E-state index in [0.29, 0.717) is 96.8 Å². The Kier molecular flexibility index (Phi) is 67.8. The molecule has 0 aliphatic carbocycles. The number of amides is 7. The summed E-state index contributed by atoms with van der Waals surface area (Å²) in [5.74, 6) is -12.3. The Balaban J connectivity index is 0.00000135. The molecule has 0 aromatic rings. The smallest absolute Gasteiger partial charge is 0.303 e. The van der Waals surface area contributed by atoms with Crippen molar-refractivity contribution in [3.8, 4) is 0 Å².